The van der Waals surface area contributed by atoms with Crippen LogP contribution >= 0.6 is 11.6 Å². The number of nitrogens with zero attached hydrogens (tertiary/aromatic N) is 1. The van der Waals surface area contributed by atoms with Gasteiger partial charge in [-0.25, -0.2) is 4.98 Å². The maximum atomic E-state index is 6.21. The lowest BCUT2D eigenvalue weighted by Crippen LogP contribution is -2.00. The molecule has 0 atom stereocenters. The normalized spacial score (nSPS) is 10.5. The standard InChI is InChI=1S/C14H15ClN2/c1-9-3-4-11(13(15)6-9)7-12-5-10(2)8-17-14(12)16/h3-6,8H,7H2,1-2H3,(H2,16,17). The summed E-state index contributed by atoms with van der Waals surface area (Å²) in [6.45, 7) is 4.03. The van der Waals surface area contributed by atoms with E-state index in [1.54, 1.807) is 6.20 Å². The molecule has 1 aromatic carbocycles. The second-order valence-electron chi connectivity index (χ2n) is 4.33. The summed E-state index contributed by atoms with van der Waals surface area (Å²) in [6, 6.07) is 8.12. The molecule has 88 valence electrons. The van der Waals surface area contributed by atoms with E-state index >= 15 is 0 Å². The van der Waals surface area contributed by atoms with E-state index in [1.807, 2.05) is 26.0 Å². The van der Waals surface area contributed by atoms with E-state index in [0.717, 1.165) is 33.7 Å². The van der Waals surface area contributed by atoms with Gasteiger partial charge in [0, 0.05) is 17.6 Å². The molecule has 3 heteroatoms. The first-order valence-electron chi connectivity index (χ1n) is 5.52. The van der Waals surface area contributed by atoms with Gasteiger partial charge in [-0.05, 0) is 42.2 Å². The van der Waals surface area contributed by atoms with Gasteiger partial charge in [-0.3, -0.25) is 0 Å². The Labute approximate surface area is 106 Å². The third kappa shape index (κ3) is 2.77. The lowest BCUT2D eigenvalue weighted by atomic mass is 10.0. The molecule has 2 rings (SSSR count). The molecule has 0 fully saturated rings. The highest BCUT2D eigenvalue weighted by Crippen LogP contribution is 2.23. The Hall–Kier alpha value is -1.54. The fraction of sp³-hybridized carbons (Fsp3) is 0.214. The monoisotopic (exact) mass is 246 g/mol. The van der Waals surface area contributed by atoms with Crippen molar-refractivity contribution in [1.82, 2.24) is 4.98 Å². The van der Waals surface area contributed by atoms with Crippen LogP contribution in [0, 0.1) is 13.8 Å². The van der Waals surface area contributed by atoms with Gasteiger partial charge in [0.25, 0.3) is 0 Å². The molecule has 0 saturated heterocycles. The minimum atomic E-state index is 0.576. The summed E-state index contributed by atoms with van der Waals surface area (Å²) in [5, 5.41) is 0.783. The maximum absolute atomic E-state index is 6.21. The van der Waals surface area contributed by atoms with Crippen molar-refractivity contribution in [1.29, 1.82) is 0 Å². The number of hydrogen-bond donors (Lipinski definition) is 1. The molecule has 2 nitrogen and oxygen atoms in total. The number of nitrogen functional groups attached to an aromatic ring is 1. The predicted molar refractivity (Wildman–Crippen MR) is 72.4 cm³/mol. The van der Waals surface area contributed by atoms with Gasteiger partial charge < -0.3 is 5.73 Å². The number of hydrogen-bond acceptors (Lipinski definition) is 2. The van der Waals surface area contributed by atoms with Gasteiger partial charge in [0.2, 0.25) is 0 Å². The van der Waals surface area contributed by atoms with Crippen molar-refractivity contribution in [3.8, 4) is 0 Å². The summed E-state index contributed by atoms with van der Waals surface area (Å²) in [6.07, 6.45) is 2.50. The molecule has 0 aliphatic carbocycles. The Morgan fingerprint density at radius 2 is 1.88 bits per heavy atom. The van der Waals surface area contributed by atoms with Gasteiger partial charge in [0.15, 0.2) is 0 Å². The second kappa shape index (κ2) is 4.76. The second-order valence-corrected chi connectivity index (χ2v) is 4.74. The van der Waals surface area contributed by atoms with E-state index < -0.39 is 0 Å². The first-order chi connectivity index (χ1) is 8.06. The van der Waals surface area contributed by atoms with Crippen LogP contribution < -0.4 is 5.73 Å². The quantitative estimate of drug-likeness (QED) is 0.881. The van der Waals surface area contributed by atoms with Gasteiger partial charge in [-0.15, -0.1) is 0 Å². The zero-order valence-corrected chi connectivity index (χ0v) is 10.8. The van der Waals surface area contributed by atoms with Crippen molar-refractivity contribution in [3.63, 3.8) is 0 Å². The molecule has 0 aliphatic rings. The summed E-state index contributed by atoms with van der Waals surface area (Å²) in [7, 11) is 0. The van der Waals surface area contributed by atoms with Crippen molar-refractivity contribution in [2.75, 3.05) is 5.73 Å². The van der Waals surface area contributed by atoms with Crippen LogP contribution in [0.1, 0.15) is 22.3 Å². The van der Waals surface area contributed by atoms with Crippen molar-refractivity contribution in [2.24, 2.45) is 0 Å². The first-order valence-corrected chi connectivity index (χ1v) is 5.90. The highest BCUT2D eigenvalue weighted by molar-refractivity contribution is 6.31. The van der Waals surface area contributed by atoms with Crippen LogP contribution in [0.25, 0.3) is 0 Å². The molecule has 0 aliphatic heterocycles. The Kier molecular flexibility index (Phi) is 3.34. The number of nitrogens with two attached hydrogens (primary N) is 1. The van der Waals surface area contributed by atoms with Crippen LogP contribution in [0.3, 0.4) is 0 Å². The van der Waals surface area contributed by atoms with Gasteiger partial charge >= 0.3 is 0 Å². The molecule has 2 N–H and O–H groups in total. The van der Waals surface area contributed by atoms with E-state index in [0.29, 0.717) is 5.82 Å². The number of halogens is 1. The van der Waals surface area contributed by atoms with Gasteiger partial charge in [0.05, 0.1) is 0 Å². The van der Waals surface area contributed by atoms with Crippen LogP contribution in [0.4, 0.5) is 5.82 Å². The highest BCUT2D eigenvalue weighted by atomic mass is 35.5. The molecule has 0 saturated carbocycles. The topological polar surface area (TPSA) is 38.9 Å². The highest BCUT2D eigenvalue weighted by Gasteiger charge is 2.06. The number of benzene rings is 1. The van der Waals surface area contributed by atoms with E-state index in [2.05, 4.69) is 17.1 Å². The molecule has 2 aromatic rings. The van der Waals surface area contributed by atoms with Gasteiger partial charge in [-0.1, -0.05) is 29.8 Å². The molecule has 0 radical (unpaired) electrons. The number of aryl methyl sites for hydroxylation is 2. The van der Waals surface area contributed by atoms with Crippen molar-refractivity contribution < 1.29 is 0 Å². The number of anilines is 1. The summed E-state index contributed by atoms with van der Waals surface area (Å²) in [4.78, 5) is 4.16. The zero-order chi connectivity index (χ0) is 12.4. The molecule has 1 aromatic heterocycles. The van der Waals surface area contributed by atoms with Crippen molar-refractivity contribution in [2.45, 2.75) is 20.3 Å². The number of pyridine rings is 1. The Balaban J connectivity index is 2.34. The van der Waals surface area contributed by atoms with E-state index in [1.165, 1.54) is 0 Å². The van der Waals surface area contributed by atoms with Crippen molar-refractivity contribution in [3.05, 3.63) is 57.7 Å². The number of rotatable bonds is 2. The SMILES string of the molecule is Cc1ccc(Cc2cc(C)cnc2N)c(Cl)c1. The lowest BCUT2D eigenvalue weighted by molar-refractivity contribution is 1.13. The molecule has 0 spiro atoms. The molecular formula is C14H15ClN2. The summed E-state index contributed by atoms with van der Waals surface area (Å²) in [5.74, 6) is 0.576. The van der Waals surface area contributed by atoms with Crippen LogP contribution in [-0.4, -0.2) is 4.98 Å². The van der Waals surface area contributed by atoms with E-state index in [9.17, 15) is 0 Å². The largest absolute Gasteiger partial charge is 0.383 e. The lowest BCUT2D eigenvalue weighted by Gasteiger charge is -2.08. The molecule has 0 bridgehead atoms. The molecule has 0 unspecified atom stereocenters. The molecule has 17 heavy (non-hydrogen) atoms. The average molecular weight is 247 g/mol. The van der Waals surface area contributed by atoms with Gasteiger partial charge in [-0.2, -0.15) is 0 Å². The predicted octanol–water partition coefficient (Wildman–Crippen LogP) is 3.52. The summed E-state index contributed by atoms with van der Waals surface area (Å²) in [5.41, 5.74) is 10.2. The molecular weight excluding hydrogens is 232 g/mol. The fourth-order valence-corrected chi connectivity index (χ4v) is 2.08. The third-order valence-electron chi connectivity index (χ3n) is 2.73. The van der Waals surface area contributed by atoms with Gasteiger partial charge in [0.1, 0.15) is 5.82 Å². The fourth-order valence-electron chi connectivity index (χ4n) is 1.78. The Morgan fingerprint density at radius 1 is 1.12 bits per heavy atom. The minimum Gasteiger partial charge on any atom is -0.383 e. The maximum Gasteiger partial charge on any atom is 0.126 e. The average Bonchev–Trinajstić information content (AvgIpc) is 2.27. The Bertz CT molecular complexity index is 550. The summed E-state index contributed by atoms with van der Waals surface area (Å²) < 4.78 is 0. The van der Waals surface area contributed by atoms with Crippen LogP contribution in [0.2, 0.25) is 5.02 Å². The third-order valence-corrected chi connectivity index (χ3v) is 3.08. The minimum absolute atomic E-state index is 0.576. The number of aromatic nitrogens is 1. The molecule has 0 amide bonds. The van der Waals surface area contributed by atoms with Crippen LogP contribution in [0.5, 0.6) is 0 Å². The van der Waals surface area contributed by atoms with E-state index in [-0.39, 0.29) is 0 Å². The van der Waals surface area contributed by atoms with Crippen LogP contribution in [0.15, 0.2) is 30.5 Å². The molecule has 1 heterocycles. The smallest absolute Gasteiger partial charge is 0.126 e. The Morgan fingerprint density at radius 3 is 2.59 bits per heavy atom. The zero-order valence-electron chi connectivity index (χ0n) is 10.00. The first kappa shape index (κ1) is 11.9. The van der Waals surface area contributed by atoms with Crippen molar-refractivity contribution >= 4 is 17.4 Å². The van der Waals surface area contributed by atoms with E-state index in [4.69, 9.17) is 17.3 Å². The summed E-state index contributed by atoms with van der Waals surface area (Å²) >= 11 is 6.21. The van der Waals surface area contributed by atoms with Crippen LogP contribution in [-0.2, 0) is 6.42 Å².